The normalized spacial score (nSPS) is 10.4. The zero-order valence-electron chi connectivity index (χ0n) is 14.2. The molecule has 0 saturated heterocycles. The number of nitrogens with one attached hydrogen (secondary N) is 1. The largest absolute Gasteiger partial charge is 0.493 e. The third-order valence-electron chi connectivity index (χ3n) is 2.92. The van der Waals surface area contributed by atoms with Crippen LogP contribution in [-0.2, 0) is 14.3 Å². The summed E-state index contributed by atoms with van der Waals surface area (Å²) >= 11 is 0. The Bertz CT molecular complexity index is 704. The molecule has 0 aliphatic heterocycles. The van der Waals surface area contributed by atoms with Crippen LogP contribution in [0.4, 0.5) is 0 Å². The minimum absolute atomic E-state index is 0.0518. The smallest absolute Gasteiger partial charge is 0.344 e. The number of nitrogens with zero attached hydrogens (tertiary/aromatic N) is 1. The molecule has 0 radical (unpaired) electrons. The molecule has 1 amide bonds. The van der Waals surface area contributed by atoms with Gasteiger partial charge in [0, 0.05) is 6.54 Å². The summed E-state index contributed by atoms with van der Waals surface area (Å²) in [7, 11) is 1.45. The quantitative estimate of drug-likeness (QED) is 0.318. The van der Waals surface area contributed by atoms with Crippen LogP contribution < -0.4 is 14.8 Å². The van der Waals surface area contributed by atoms with Gasteiger partial charge in [0.25, 0.3) is 5.91 Å². The zero-order valence-corrected chi connectivity index (χ0v) is 14.2. The maximum atomic E-state index is 11.8. The summed E-state index contributed by atoms with van der Waals surface area (Å²) in [6, 6.07) is 6.67. The fourth-order valence-electron chi connectivity index (χ4n) is 1.81. The van der Waals surface area contributed by atoms with Gasteiger partial charge in [0.05, 0.1) is 13.7 Å². The first kappa shape index (κ1) is 19.8. The van der Waals surface area contributed by atoms with Crippen molar-refractivity contribution >= 4 is 18.0 Å². The third kappa shape index (κ3) is 6.39. The van der Waals surface area contributed by atoms with Crippen LogP contribution in [0.25, 0.3) is 6.08 Å². The summed E-state index contributed by atoms with van der Waals surface area (Å²) in [5.74, 6) is -0.271. The van der Waals surface area contributed by atoms with Gasteiger partial charge < -0.3 is 19.5 Å². The van der Waals surface area contributed by atoms with E-state index in [1.807, 2.05) is 6.07 Å². The minimum atomic E-state index is -0.496. The molecule has 7 nitrogen and oxygen atoms in total. The highest BCUT2D eigenvalue weighted by Gasteiger charge is 2.11. The molecule has 132 valence electrons. The van der Waals surface area contributed by atoms with Crippen LogP contribution in [0.15, 0.2) is 36.4 Å². The number of rotatable bonds is 9. The monoisotopic (exact) mass is 344 g/mol. The van der Waals surface area contributed by atoms with Crippen molar-refractivity contribution in [3.05, 3.63) is 42.0 Å². The van der Waals surface area contributed by atoms with Crippen molar-refractivity contribution in [2.24, 2.45) is 0 Å². The molecule has 0 fully saturated rings. The van der Waals surface area contributed by atoms with E-state index in [4.69, 9.17) is 19.5 Å². The molecule has 0 aliphatic carbocycles. The second-order valence-electron chi connectivity index (χ2n) is 4.67. The number of carbonyl (C=O) groups is 2. The molecule has 0 atom stereocenters. The summed E-state index contributed by atoms with van der Waals surface area (Å²) in [4.78, 5) is 23.2. The second-order valence-corrected chi connectivity index (χ2v) is 4.67. The van der Waals surface area contributed by atoms with Gasteiger partial charge in [-0.2, -0.15) is 5.26 Å². The van der Waals surface area contributed by atoms with Crippen LogP contribution in [0, 0.1) is 11.3 Å². The molecule has 1 N–H and O–H groups in total. The van der Waals surface area contributed by atoms with E-state index in [0.29, 0.717) is 17.1 Å². The Balaban J connectivity index is 2.94. The van der Waals surface area contributed by atoms with Crippen molar-refractivity contribution < 1.29 is 23.8 Å². The molecule has 1 aromatic carbocycles. The minimum Gasteiger partial charge on any atom is -0.493 e. The Morgan fingerprint density at radius 1 is 1.36 bits per heavy atom. The number of ether oxygens (including phenoxy) is 3. The van der Waals surface area contributed by atoms with Gasteiger partial charge in [0.2, 0.25) is 0 Å². The van der Waals surface area contributed by atoms with Gasteiger partial charge in [0.1, 0.15) is 11.6 Å². The first-order valence-corrected chi connectivity index (χ1v) is 7.53. The van der Waals surface area contributed by atoms with Crippen molar-refractivity contribution in [2.75, 3.05) is 26.9 Å². The summed E-state index contributed by atoms with van der Waals surface area (Å²) in [6.07, 6.45) is 2.95. The van der Waals surface area contributed by atoms with E-state index in [-0.39, 0.29) is 25.3 Å². The lowest BCUT2D eigenvalue weighted by Gasteiger charge is -2.11. The SMILES string of the molecule is C=CCNC(=O)/C(C#N)=C/c1ccc(OCC(=O)OCC)c(OC)c1. The molecule has 0 unspecified atom stereocenters. The van der Waals surface area contributed by atoms with Gasteiger partial charge in [-0.1, -0.05) is 12.1 Å². The molecule has 1 rings (SSSR count). The second kappa shape index (κ2) is 10.5. The zero-order chi connectivity index (χ0) is 18.7. The fourth-order valence-corrected chi connectivity index (χ4v) is 1.81. The first-order valence-electron chi connectivity index (χ1n) is 7.53. The number of hydrogen-bond acceptors (Lipinski definition) is 6. The number of amides is 1. The Morgan fingerprint density at radius 3 is 2.72 bits per heavy atom. The van der Waals surface area contributed by atoms with Crippen molar-refractivity contribution in [3.63, 3.8) is 0 Å². The van der Waals surface area contributed by atoms with Crippen LogP contribution >= 0.6 is 0 Å². The van der Waals surface area contributed by atoms with Gasteiger partial charge in [-0.25, -0.2) is 4.79 Å². The Hall–Kier alpha value is -3.27. The van der Waals surface area contributed by atoms with Gasteiger partial charge in [-0.05, 0) is 30.7 Å². The molecule has 0 bridgehead atoms. The first-order chi connectivity index (χ1) is 12.0. The van der Waals surface area contributed by atoms with E-state index in [9.17, 15) is 9.59 Å². The fraction of sp³-hybridized carbons (Fsp3) is 0.278. The van der Waals surface area contributed by atoms with Gasteiger partial charge in [-0.3, -0.25) is 4.79 Å². The Labute approximate surface area is 146 Å². The van der Waals surface area contributed by atoms with E-state index < -0.39 is 11.9 Å². The highest BCUT2D eigenvalue weighted by atomic mass is 16.6. The van der Waals surface area contributed by atoms with Gasteiger partial charge in [0.15, 0.2) is 18.1 Å². The average molecular weight is 344 g/mol. The van der Waals surface area contributed by atoms with E-state index in [1.54, 1.807) is 25.1 Å². The highest BCUT2D eigenvalue weighted by Crippen LogP contribution is 2.29. The molecule has 0 aliphatic rings. The summed E-state index contributed by atoms with van der Waals surface area (Å²) in [5.41, 5.74) is 0.523. The Morgan fingerprint density at radius 2 is 2.12 bits per heavy atom. The van der Waals surface area contributed by atoms with Crippen LogP contribution in [0.2, 0.25) is 0 Å². The topological polar surface area (TPSA) is 97.7 Å². The molecule has 25 heavy (non-hydrogen) atoms. The van der Waals surface area contributed by atoms with Crippen LogP contribution in [0.3, 0.4) is 0 Å². The van der Waals surface area contributed by atoms with Crippen molar-refractivity contribution in [3.8, 4) is 17.6 Å². The van der Waals surface area contributed by atoms with Gasteiger partial charge in [-0.15, -0.1) is 6.58 Å². The van der Waals surface area contributed by atoms with Gasteiger partial charge >= 0.3 is 5.97 Å². The number of benzene rings is 1. The molecule has 0 saturated carbocycles. The maximum Gasteiger partial charge on any atom is 0.344 e. The summed E-state index contributed by atoms with van der Waals surface area (Å²) < 4.78 is 15.4. The van der Waals surface area contributed by atoms with Crippen molar-refractivity contribution in [2.45, 2.75) is 6.92 Å². The lowest BCUT2D eigenvalue weighted by molar-refractivity contribution is -0.145. The molecular weight excluding hydrogens is 324 g/mol. The van der Waals surface area contributed by atoms with E-state index in [0.717, 1.165) is 0 Å². The third-order valence-corrected chi connectivity index (χ3v) is 2.92. The molecule has 0 aromatic heterocycles. The molecule has 7 heteroatoms. The number of hydrogen-bond donors (Lipinski definition) is 1. The number of methoxy groups -OCH3 is 1. The maximum absolute atomic E-state index is 11.8. The molecule has 0 heterocycles. The highest BCUT2D eigenvalue weighted by molar-refractivity contribution is 6.01. The van der Waals surface area contributed by atoms with Crippen molar-refractivity contribution in [1.82, 2.24) is 5.32 Å². The Kier molecular flexibility index (Phi) is 8.30. The molecule has 0 spiro atoms. The van der Waals surface area contributed by atoms with E-state index in [1.165, 1.54) is 19.3 Å². The predicted molar refractivity (Wildman–Crippen MR) is 91.9 cm³/mol. The number of nitriles is 1. The van der Waals surface area contributed by atoms with Crippen LogP contribution in [-0.4, -0.2) is 38.7 Å². The number of carbonyl (C=O) groups excluding carboxylic acids is 2. The number of esters is 1. The molecule has 1 aromatic rings. The van der Waals surface area contributed by atoms with E-state index >= 15 is 0 Å². The summed E-state index contributed by atoms with van der Waals surface area (Å²) in [6.45, 7) is 5.50. The molecular formula is C18H20N2O5. The van der Waals surface area contributed by atoms with Crippen LogP contribution in [0.5, 0.6) is 11.5 Å². The average Bonchev–Trinajstić information content (AvgIpc) is 2.62. The summed E-state index contributed by atoms with van der Waals surface area (Å²) in [5, 5.41) is 11.7. The van der Waals surface area contributed by atoms with E-state index in [2.05, 4.69) is 11.9 Å². The van der Waals surface area contributed by atoms with Crippen LogP contribution in [0.1, 0.15) is 12.5 Å². The lowest BCUT2D eigenvalue weighted by Crippen LogP contribution is -2.24. The lowest BCUT2D eigenvalue weighted by atomic mass is 10.1. The predicted octanol–water partition coefficient (Wildman–Crippen LogP) is 1.85. The standard InChI is InChI=1S/C18H20N2O5/c1-4-8-20-18(22)14(11-19)9-13-6-7-15(16(10-13)23-3)25-12-17(21)24-5-2/h4,6-7,9-10H,1,5,8,12H2,2-3H3,(H,20,22)/b14-9+. The van der Waals surface area contributed by atoms with Crippen molar-refractivity contribution in [1.29, 1.82) is 5.26 Å².